The molecule has 2 atom stereocenters. The van der Waals surface area contributed by atoms with Gasteiger partial charge in [0.2, 0.25) is 0 Å². The molecule has 5 heteroatoms. The van der Waals surface area contributed by atoms with Gasteiger partial charge in [0.05, 0.1) is 12.7 Å². The summed E-state index contributed by atoms with van der Waals surface area (Å²) in [6.07, 6.45) is 0.285. The molecule has 0 bridgehead atoms. The van der Waals surface area contributed by atoms with Crippen molar-refractivity contribution in [3.05, 3.63) is 88.9 Å². The van der Waals surface area contributed by atoms with E-state index >= 15 is 0 Å². The van der Waals surface area contributed by atoms with Crippen LogP contribution in [0.2, 0.25) is 5.02 Å². The van der Waals surface area contributed by atoms with Crippen molar-refractivity contribution >= 4 is 11.6 Å². The zero-order valence-electron chi connectivity index (χ0n) is 18.8. The fourth-order valence-corrected chi connectivity index (χ4v) is 3.78. The standard InChI is InChI=1S/C27H32ClNO3/c1-3-31-15-16-32-27-10-5-4-9-25(27)22-13-11-21(12-14-22)17-20(2)29-19-26(30)23-7-6-8-24(28)18-23/h4-14,18,20,26,29-30H,3,15-17,19H2,1-2H3. The predicted octanol–water partition coefficient (Wildman–Crippen LogP) is 5.68. The number of para-hydroxylation sites is 1. The van der Waals surface area contributed by atoms with E-state index in [9.17, 15) is 5.11 Å². The quantitative estimate of drug-likeness (QED) is 0.346. The molecule has 32 heavy (non-hydrogen) atoms. The summed E-state index contributed by atoms with van der Waals surface area (Å²) in [6.45, 7) is 6.40. The number of hydrogen-bond acceptors (Lipinski definition) is 4. The van der Waals surface area contributed by atoms with Crippen molar-refractivity contribution in [3.63, 3.8) is 0 Å². The molecular weight excluding hydrogens is 422 g/mol. The Morgan fingerprint density at radius 2 is 1.75 bits per heavy atom. The first-order valence-corrected chi connectivity index (χ1v) is 11.5. The number of halogens is 1. The van der Waals surface area contributed by atoms with E-state index in [0.717, 1.165) is 28.9 Å². The summed E-state index contributed by atoms with van der Waals surface area (Å²) in [4.78, 5) is 0. The molecule has 3 aromatic carbocycles. The Balaban J connectivity index is 1.54. The molecule has 0 saturated heterocycles. The van der Waals surface area contributed by atoms with E-state index in [4.69, 9.17) is 21.1 Å². The lowest BCUT2D eigenvalue weighted by molar-refractivity contribution is 0.110. The fourth-order valence-electron chi connectivity index (χ4n) is 3.58. The Hall–Kier alpha value is -2.37. The largest absolute Gasteiger partial charge is 0.491 e. The van der Waals surface area contributed by atoms with Crippen LogP contribution in [-0.4, -0.2) is 37.5 Å². The van der Waals surface area contributed by atoms with Crippen LogP contribution in [0.5, 0.6) is 5.75 Å². The second kappa shape index (κ2) is 12.6. The number of aliphatic hydroxyl groups is 1. The van der Waals surface area contributed by atoms with Gasteiger partial charge in [-0.15, -0.1) is 0 Å². The lowest BCUT2D eigenvalue weighted by Gasteiger charge is -2.18. The number of benzene rings is 3. The van der Waals surface area contributed by atoms with E-state index in [1.54, 1.807) is 6.07 Å². The van der Waals surface area contributed by atoms with Crippen molar-refractivity contribution in [2.24, 2.45) is 0 Å². The van der Waals surface area contributed by atoms with Crippen molar-refractivity contribution < 1.29 is 14.6 Å². The van der Waals surface area contributed by atoms with Gasteiger partial charge in [-0.2, -0.15) is 0 Å². The highest BCUT2D eigenvalue weighted by atomic mass is 35.5. The van der Waals surface area contributed by atoms with Crippen LogP contribution < -0.4 is 10.1 Å². The summed E-state index contributed by atoms with van der Waals surface area (Å²) < 4.78 is 11.3. The molecule has 0 fully saturated rings. The van der Waals surface area contributed by atoms with Crippen molar-refractivity contribution in [2.45, 2.75) is 32.4 Å². The van der Waals surface area contributed by atoms with Crippen LogP contribution in [0.4, 0.5) is 0 Å². The molecule has 2 unspecified atom stereocenters. The van der Waals surface area contributed by atoms with Crippen LogP contribution in [0.25, 0.3) is 11.1 Å². The number of aliphatic hydroxyl groups excluding tert-OH is 1. The predicted molar refractivity (Wildman–Crippen MR) is 131 cm³/mol. The molecular formula is C27H32ClNO3. The van der Waals surface area contributed by atoms with Crippen LogP contribution in [0.1, 0.15) is 31.1 Å². The highest BCUT2D eigenvalue weighted by Crippen LogP contribution is 2.30. The van der Waals surface area contributed by atoms with Crippen LogP contribution in [0, 0.1) is 0 Å². The van der Waals surface area contributed by atoms with Gasteiger partial charge in [-0.3, -0.25) is 0 Å². The molecule has 0 aliphatic heterocycles. The zero-order valence-corrected chi connectivity index (χ0v) is 19.5. The Kier molecular flexibility index (Phi) is 9.57. The van der Waals surface area contributed by atoms with E-state index in [-0.39, 0.29) is 6.04 Å². The van der Waals surface area contributed by atoms with Gasteiger partial charge in [-0.25, -0.2) is 0 Å². The Labute approximate surface area is 196 Å². The molecule has 0 aliphatic rings. The summed E-state index contributed by atoms with van der Waals surface area (Å²) in [5.41, 5.74) is 4.26. The molecule has 4 nitrogen and oxygen atoms in total. The molecule has 3 aromatic rings. The minimum Gasteiger partial charge on any atom is -0.491 e. The molecule has 0 saturated carbocycles. The summed E-state index contributed by atoms with van der Waals surface area (Å²) >= 11 is 6.02. The summed E-state index contributed by atoms with van der Waals surface area (Å²) in [6, 6.07) is 24.2. The van der Waals surface area contributed by atoms with Crippen LogP contribution in [0.15, 0.2) is 72.8 Å². The summed E-state index contributed by atoms with van der Waals surface area (Å²) in [5.74, 6) is 0.866. The van der Waals surface area contributed by atoms with Crippen LogP contribution in [0.3, 0.4) is 0 Å². The van der Waals surface area contributed by atoms with E-state index < -0.39 is 6.10 Å². The zero-order chi connectivity index (χ0) is 22.8. The average Bonchev–Trinajstić information content (AvgIpc) is 2.81. The van der Waals surface area contributed by atoms with Crippen LogP contribution >= 0.6 is 11.6 Å². The van der Waals surface area contributed by atoms with Crippen molar-refractivity contribution in [2.75, 3.05) is 26.4 Å². The lowest BCUT2D eigenvalue weighted by Crippen LogP contribution is -2.32. The number of rotatable bonds is 12. The van der Waals surface area contributed by atoms with Crippen molar-refractivity contribution in [1.82, 2.24) is 5.32 Å². The molecule has 3 rings (SSSR count). The third kappa shape index (κ3) is 7.35. The minimum atomic E-state index is -0.585. The number of ether oxygens (including phenoxy) is 2. The molecule has 0 amide bonds. The normalized spacial score (nSPS) is 13.0. The maximum absolute atomic E-state index is 10.4. The topological polar surface area (TPSA) is 50.7 Å². The van der Waals surface area contributed by atoms with E-state index in [0.29, 0.717) is 31.4 Å². The Bertz CT molecular complexity index is 961. The van der Waals surface area contributed by atoms with E-state index in [1.807, 2.05) is 43.3 Å². The number of nitrogens with one attached hydrogen (secondary N) is 1. The third-order valence-corrected chi connectivity index (χ3v) is 5.51. The lowest BCUT2D eigenvalue weighted by atomic mass is 10.00. The van der Waals surface area contributed by atoms with Crippen molar-refractivity contribution in [1.29, 1.82) is 0 Å². The van der Waals surface area contributed by atoms with Gasteiger partial charge in [0.25, 0.3) is 0 Å². The second-order valence-corrected chi connectivity index (χ2v) is 8.26. The first kappa shape index (κ1) is 24.3. The van der Waals surface area contributed by atoms with Gasteiger partial charge in [-0.1, -0.05) is 66.2 Å². The maximum Gasteiger partial charge on any atom is 0.127 e. The first-order valence-electron chi connectivity index (χ1n) is 11.1. The smallest absolute Gasteiger partial charge is 0.127 e. The SMILES string of the molecule is CCOCCOc1ccccc1-c1ccc(CC(C)NCC(O)c2cccc(Cl)c2)cc1. The first-order chi connectivity index (χ1) is 15.6. The molecule has 2 N–H and O–H groups in total. The van der Waals surface area contributed by atoms with Gasteiger partial charge >= 0.3 is 0 Å². The monoisotopic (exact) mass is 453 g/mol. The Morgan fingerprint density at radius 3 is 2.50 bits per heavy atom. The second-order valence-electron chi connectivity index (χ2n) is 7.82. The highest BCUT2D eigenvalue weighted by Gasteiger charge is 2.11. The van der Waals surface area contributed by atoms with Gasteiger partial charge in [0.15, 0.2) is 0 Å². The Morgan fingerprint density at radius 1 is 0.969 bits per heavy atom. The highest BCUT2D eigenvalue weighted by molar-refractivity contribution is 6.30. The average molecular weight is 454 g/mol. The van der Waals surface area contributed by atoms with Crippen LogP contribution in [-0.2, 0) is 11.2 Å². The van der Waals surface area contributed by atoms with E-state index in [2.05, 4.69) is 42.6 Å². The summed E-state index contributed by atoms with van der Waals surface area (Å²) in [7, 11) is 0. The van der Waals surface area contributed by atoms with Gasteiger partial charge in [0.1, 0.15) is 12.4 Å². The van der Waals surface area contributed by atoms with Gasteiger partial charge < -0.3 is 19.9 Å². The third-order valence-electron chi connectivity index (χ3n) is 5.28. The van der Waals surface area contributed by atoms with E-state index in [1.165, 1.54) is 5.56 Å². The maximum atomic E-state index is 10.4. The number of hydrogen-bond donors (Lipinski definition) is 2. The molecule has 0 radical (unpaired) electrons. The minimum absolute atomic E-state index is 0.226. The molecule has 0 heterocycles. The molecule has 0 aliphatic carbocycles. The molecule has 0 aromatic heterocycles. The molecule has 170 valence electrons. The van der Waals surface area contributed by atoms with Gasteiger partial charge in [0, 0.05) is 29.8 Å². The molecule has 0 spiro atoms. The van der Waals surface area contributed by atoms with Gasteiger partial charge in [-0.05, 0) is 55.2 Å². The summed E-state index contributed by atoms with van der Waals surface area (Å²) in [5, 5.41) is 14.4. The van der Waals surface area contributed by atoms with Crippen molar-refractivity contribution in [3.8, 4) is 16.9 Å². The fraction of sp³-hybridized carbons (Fsp3) is 0.333.